The van der Waals surface area contributed by atoms with E-state index in [9.17, 15) is 14.0 Å². The Morgan fingerprint density at radius 3 is 2.64 bits per heavy atom. The molecule has 1 aliphatic carbocycles. The van der Waals surface area contributed by atoms with Crippen LogP contribution in [0.5, 0.6) is 0 Å². The lowest BCUT2D eigenvalue weighted by Crippen LogP contribution is -2.41. The molecule has 6 nitrogen and oxygen atoms in total. The summed E-state index contributed by atoms with van der Waals surface area (Å²) in [5.41, 5.74) is 3.70. The zero-order chi connectivity index (χ0) is 22.9. The normalized spacial score (nSPS) is 18.9. The molecule has 174 valence electrons. The van der Waals surface area contributed by atoms with Gasteiger partial charge < -0.3 is 19.1 Å². The number of morpholine rings is 1. The highest BCUT2D eigenvalue weighted by atomic mass is 35.5. The highest BCUT2D eigenvalue weighted by Crippen LogP contribution is 2.37. The summed E-state index contributed by atoms with van der Waals surface area (Å²) in [6.45, 7) is 4.17. The van der Waals surface area contributed by atoms with Crippen molar-refractivity contribution in [2.24, 2.45) is 5.92 Å². The standard InChI is InChI=1S/C25H27ClFN3O3/c26-20-1-2-24(31)30(15-20)16-25(32)29-5-3-17(4-6-29)18-11-19-12-21(14-23(27)22(19)13-18)28-7-9-33-10-8-28/h1-2,12-15,17H,3-11,16H2. The average Bonchev–Trinajstić information content (AvgIpc) is 3.27. The predicted octanol–water partition coefficient (Wildman–Crippen LogP) is 3.36. The molecule has 2 aliphatic heterocycles. The summed E-state index contributed by atoms with van der Waals surface area (Å²) >= 11 is 5.96. The zero-order valence-electron chi connectivity index (χ0n) is 18.4. The van der Waals surface area contributed by atoms with Gasteiger partial charge in [0.15, 0.2) is 0 Å². The number of carbonyl (C=O) groups excluding carboxylic acids is 1. The molecule has 2 fully saturated rings. The number of hydrogen-bond donors (Lipinski definition) is 0. The highest BCUT2D eigenvalue weighted by molar-refractivity contribution is 6.30. The average molecular weight is 472 g/mol. The van der Waals surface area contributed by atoms with Crippen LogP contribution in [-0.2, 0) is 22.5 Å². The summed E-state index contributed by atoms with van der Waals surface area (Å²) in [5.74, 6) is 0.0906. The third kappa shape index (κ3) is 4.70. The van der Waals surface area contributed by atoms with Gasteiger partial charge in [0.2, 0.25) is 5.91 Å². The Labute approximate surface area is 197 Å². The molecule has 0 atom stereocenters. The van der Waals surface area contributed by atoms with Crippen LogP contribution >= 0.6 is 11.6 Å². The van der Waals surface area contributed by atoms with Crippen molar-refractivity contribution in [2.75, 3.05) is 44.3 Å². The molecule has 5 rings (SSSR count). The Morgan fingerprint density at radius 2 is 1.88 bits per heavy atom. The fraction of sp³-hybridized carbons (Fsp3) is 0.440. The second-order valence-electron chi connectivity index (χ2n) is 8.96. The molecule has 1 aromatic carbocycles. The molecule has 3 heterocycles. The first-order chi connectivity index (χ1) is 16.0. The van der Waals surface area contributed by atoms with Gasteiger partial charge in [0.1, 0.15) is 12.4 Å². The Balaban J connectivity index is 1.21. The monoisotopic (exact) mass is 471 g/mol. The molecule has 33 heavy (non-hydrogen) atoms. The fourth-order valence-electron chi connectivity index (χ4n) is 5.06. The van der Waals surface area contributed by atoms with E-state index in [4.69, 9.17) is 16.3 Å². The number of allylic oxidation sites excluding steroid dienone is 1. The molecule has 0 saturated carbocycles. The Morgan fingerprint density at radius 1 is 1.12 bits per heavy atom. The van der Waals surface area contributed by atoms with E-state index in [1.165, 1.54) is 28.5 Å². The molecule has 0 spiro atoms. The number of pyridine rings is 1. The zero-order valence-corrected chi connectivity index (χ0v) is 19.2. The first-order valence-corrected chi connectivity index (χ1v) is 11.8. The van der Waals surface area contributed by atoms with Crippen LogP contribution < -0.4 is 10.5 Å². The second-order valence-corrected chi connectivity index (χ2v) is 9.40. The van der Waals surface area contributed by atoms with Crippen molar-refractivity contribution in [3.63, 3.8) is 0 Å². The molecule has 0 radical (unpaired) electrons. The number of nitrogens with zero attached hydrogens (tertiary/aromatic N) is 3. The molecule has 2 saturated heterocycles. The molecule has 0 N–H and O–H groups in total. The van der Waals surface area contributed by atoms with Gasteiger partial charge >= 0.3 is 0 Å². The SMILES string of the molecule is O=C(Cn1cc(Cl)ccc1=O)N1CCC(C2=Cc3c(F)cc(N4CCOCC4)cc3C2)CC1. The van der Waals surface area contributed by atoms with Gasteiger partial charge in [0.25, 0.3) is 5.56 Å². The van der Waals surface area contributed by atoms with Gasteiger partial charge in [-0.15, -0.1) is 0 Å². The van der Waals surface area contributed by atoms with Gasteiger partial charge in [-0.25, -0.2) is 4.39 Å². The number of benzene rings is 1. The number of carbonyl (C=O) groups is 1. The lowest BCUT2D eigenvalue weighted by molar-refractivity contribution is -0.133. The number of fused-ring (bicyclic) bond motifs is 1. The third-order valence-electron chi connectivity index (χ3n) is 6.93. The molecular weight excluding hydrogens is 445 g/mol. The van der Waals surface area contributed by atoms with Crippen LogP contribution in [0.25, 0.3) is 6.08 Å². The molecule has 1 amide bonds. The summed E-state index contributed by atoms with van der Waals surface area (Å²) < 4.78 is 21.7. The van der Waals surface area contributed by atoms with Gasteiger partial charge in [-0.3, -0.25) is 9.59 Å². The molecule has 1 aromatic heterocycles. The van der Waals surface area contributed by atoms with Crippen molar-refractivity contribution in [2.45, 2.75) is 25.8 Å². The number of aromatic nitrogens is 1. The molecule has 2 aromatic rings. The van der Waals surface area contributed by atoms with Crippen molar-refractivity contribution in [1.82, 2.24) is 9.47 Å². The summed E-state index contributed by atoms with van der Waals surface area (Å²) in [7, 11) is 0. The fourth-order valence-corrected chi connectivity index (χ4v) is 5.24. The molecule has 3 aliphatic rings. The quantitative estimate of drug-likeness (QED) is 0.686. The van der Waals surface area contributed by atoms with Crippen molar-refractivity contribution in [3.8, 4) is 0 Å². The van der Waals surface area contributed by atoms with E-state index in [1.807, 2.05) is 11.0 Å². The van der Waals surface area contributed by atoms with Crippen molar-refractivity contribution in [1.29, 1.82) is 0 Å². The van der Waals surface area contributed by atoms with E-state index < -0.39 is 0 Å². The maximum Gasteiger partial charge on any atom is 0.251 e. The summed E-state index contributed by atoms with van der Waals surface area (Å²) in [6.07, 6.45) is 5.96. The van der Waals surface area contributed by atoms with Gasteiger partial charge in [0.05, 0.1) is 18.2 Å². The van der Waals surface area contributed by atoms with E-state index in [-0.39, 0.29) is 23.8 Å². The number of halogens is 2. The number of rotatable bonds is 4. The minimum atomic E-state index is -0.241. The molecule has 8 heteroatoms. The lowest BCUT2D eigenvalue weighted by Gasteiger charge is -2.33. The first-order valence-electron chi connectivity index (χ1n) is 11.5. The van der Waals surface area contributed by atoms with Crippen LogP contribution in [0.4, 0.5) is 10.1 Å². The van der Waals surface area contributed by atoms with Gasteiger partial charge in [-0.1, -0.05) is 23.3 Å². The maximum absolute atomic E-state index is 14.9. The number of piperidine rings is 1. The van der Waals surface area contributed by atoms with E-state index in [0.29, 0.717) is 42.8 Å². The van der Waals surface area contributed by atoms with Crippen LogP contribution in [0.2, 0.25) is 5.02 Å². The predicted molar refractivity (Wildman–Crippen MR) is 126 cm³/mol. The van der Waals surface area contributed by atoms with E-state index in [1.54, 1.807) is 6.07 Å². The number of hydrogen-bond acceptors (Lipinski definition) is 4. The van der Waals surface area contributed by atoms with Gasteiger partial charge in [0, 0.05) is 49.7 Å². The van der Waals surface area contributed by atoms with E-state index in [0.717, 1.165) is 43.6 Å². The van der Waals surface area contributed by atoms with Crippen LogP contribution in [0.15, 0.2) is 40.8 Å². The largest absolute Gasteiger partial charge is 0.378 e. The maximum atomic E-state index is 14.9. The van der Waals surface area contributed by atoms with Crippen LogP contribution in [0.1, 0.15) is 24.0 Å². The Kier molecular flexibility index (Phi) is 6.25. The van der Waals surface area contributed by atoms with Gasteiger partial charge in [-0.05, 0) is 48.9 Å². The summed E-state index contributed by atoms with van der Waals surface area (Å²) in [6, 6.07) is 6.66. The first kappa shape index (κ1) is 22.2. The van der Waals surface area contributed by atoms with Gasteiger partial charge in [-0.2, -0.15) is 0 Å². The number of ether oxygens (including phenoxy) is 1. The minimum absolute atomic E-state index is 0.00622. The minimum Gasteiger partial charge on any atom is -0.378 e. The van der Waals surface area contributed by atoms with Crippen molar-refractivity contribution in [3.05, 3.63) is 68.4 Å². The number of amides is 1. The lowest BCUT2D eigenvalue weighted by atomic mass is 9.88. The van der Waals surface area contributed by atoms with Crippen molar-refractivity contribution >= 4 is 29.3 Å². The molecule has 0 bridgehead atoms. The topological polar surface area (TPSA) is 54.8 Å². The molecular formula is C25H27ClFN3O3. The van der Waals surface area contributed by atoms with Crippen molar-refractivity contribution < 1.29 is 13.9 Å². The number of likely N-dealkylation sites (tertiary alicyclic amines) is 1. The summed E-state index contributed by atoms with van der Waals surface area (Å²) in [5, 5.41) is 0.429. The van der Waals surface area contributed by atoms with E-state index >= 15 is 0 Å². The Hall–Kier alpha value is -2.64. The highest BCUT2D eigenvalue weighted by Gasteiger charge is 2.29. The van der Waals surface area contributed by atoms with Crippen LogP contribution in [-0.4, -0.2) is 54.8 Å². The third-order valence-corrected chi connectivity index (χ3v) is 7.15. The van der Waals surface area contributed by atoms with Crippen LogP contribution in [0.3, 0.4) is 0 Å². The smallest absolute Gasteiger partial charge is 0.251 e. The molecule has 0 unspecified atom stereocenters. The van der Waals surface area contributed by atoms with E-state index in [2.05, 4.69) is 11.0 Å². The number of anilines is 1. The van der Waals surface area contributed by atoms with Crippen LogP contribution in [0, 0.1) is 11.7 Å². The second kappa shape index (κ2) is 9.31. The summed E-state index contributed by atoms with van der Waals surface area (Å²) in [4.78, 5) is 28.7. The Bertz CT molecular complexity index is 1150.